The molecule has 0 saturated carbocycles. The first-order valence-corrected chi connectivity index (χ1v) is 9.08. The van der Waals surface area contributed by atoms with Crippen molar-refractivity contribution in [1.29, 1.82) is 0 Å². The fourth-order valence-corrected chi connectivity index (χ4v) is 3.48. The molecule has 0 radical (unpaired) electrons. The Hall–Kier alpha value is -2.73. The van der Waals surface area contributed by atoms with Crippen molar-refractivity contribution in [3.8, 4) is 5.75 Å². The lowest BCUT2D eigenvalue weighted by Gasteiger charge is -2.11. The Morgan fingerprint density at radius 2 is 1.68 bits per heavy atom. The molecule has 0 amide bonds. The van der Waals surface area contributed by atoms with Crippen molar-refractivity contribution in [3.63, 3.8) is 0 Å². The highest BCUT2D eigenvalue weighted by molar-refractivity contribution is 7.16. The van der Waals surface area contributed by atoms with Crippen molar-refractivity contribution in [1.82, 2.24) is 19.8 Å². The van der Waals surface area contributed by atoms with Crippen LogP contribution < -0.4 is 4.74 Å². The highest BCUT2D eigenvalue weighted by atomic mass is 32.1. The SMILES string of the molecule is C[C@H](Oc1ccccc1)c1nn2c(CCc3ccccc3)nnc2s1. The highest BCUT2D eigenvalue weighted by Gasteiger charge is 2.17. The Balaban J connectivity index is 1.50. The number of aryl methyl sites for hydroxylation is 2. The Bertz CT molecular complexity index is 949. The van der Waals surface area contributed by atoms with Gasteiger partial charge in [0.25, 0.3) is 0 Å². The average molecular weight is 350 g/mol. The van der Waals surface area contributed by atoms with Crippen LogP contribution in [0.15, 0.2) is 60.7 Å². The molecule has 4 aromatic rings. The van der Waals surface area contributed by atoms with Gasteiger partial charge in [0.2, 0.25) is 4.96 Å². The van der Waals surface area contributed by atoms with Gasteiger partial charge in [0.15, 0.2) is 10.8 Å². The van der Waals surface area contributed by atoms with Gasteiger partial charge < -0.3 is 4.74 Å². The Morgan fingerprint density at radius 1 is 0.960 bits per heavy atom. The number of rotatable bonds is 6. The maximum Gasteiger partial charge on any atom is 0.234 e. The summed E-state index contributed by atoms with van der Waals surface area (Å²) < 4.78 is 7.80. The summed E-state index contributed by atoms with van der Waals surface area (Å²) in [4.78, 5) is 0.807. The van der Waals surface area contributed by atoms with E-state index in [9.17, 15) is 0 Å². The minimum Gasteiger partial charge on any atom is -0.483 e. The van der Waals surface area contributed by atoms with Crippen molar-refractivity contribution in [2.45, 2.75) is 25.9 Å². The number of para-hydroxylation sites is 1. The van der Waals surface area contributed by atoms with Crippen LogP contribution in [0.25, 0.3) is 4.96 Å². The third-order valence-electron chi connectivity index (χ3n) is 3.96. The third-order valence-corrected chi connectivity index (χ3v) is 5.01. The molecule has 25 heavy (non-hydrogen) atoms. The van der Waals surface area contributed by atoms with Crippen molar-refractivity contribution in [2.75, 3.05) is 0 Å². The topological polar surface area (TPSA) is 52.3 Å². The fraction of sp³-hybridized carbons (Fsp3) is 0.211. The first-order chi connectivity index (χ1) is 12.3. The molecule has 2 aromatic heterocycles. The molecule has 1 atom stereocenters. The van der Waals surface area contributed by atoms with E-state index in [1.165, 1.54) is 16.9 Å². The number of nitrogens with zero attached hydrogens (tertiary/aromatic N) is 4. The molecule has 0 aliphatic heterocycles. The van der Waals surface area contributed by atoms with Crippen LogP contribution in [0.3, 0.4) is 0 Å². The second-order valence-electron chi connectivity index (χ2n) is 5.81. The minimum absolute atomic E-state index is 0.129. The Kier molecular flexibility index (Phi) is 4.43. The van der Waals surface area contributed by atoms with Crippen LogP contribution in [0.5, 0.6) is 5.75 Å². The number of hydrogen-bond acceptors (Lipinski definition) is 5. The van der Waals surface area contributed by atoms with Gasteiger partial charge in [-0.15, -0.1) is 10.2 Å². The molecule has 5 nitrogen and oxygen atoms in total. The summed E-state index contributed by atoms with van der Waals surface area (Å²) in [5.74, 6) is 1.72. The lowest BCUT2D eigenvalue weighted by Crippen LogP contribution is -2.05. The Labute approximate surface area is 149 Å². The summed E-state index contributed by atoms with van der Waals surface area (Å²) in [5.41, 5.74) is 1.29. The first-order valence-electron chi connectivity index (χ1n) is 8.26. The molecule has 2 aromatic carbocycles. The van der Waals surface area contributed by atoms with Gasteiger partial charge in [0.05, 0.1) is 0 Å². The second-order valence-corrected chi connectivity index (χ2v) is 6.80. The predicted octanol–water partition coefficient (Wildman–Crippen LogP) is 4.11. The molecule has 126 valence electrons. The van der Waals surface area contributed by atoms with E-state index in [0.717, 1.165) is 34.4 Å². The third kappa shape index (κ3) is 3.53. The second kappa shape index (κ2) is 7.03. The van der Waals surface area contributed by atoms with Crippen LogP contribution in [0.1, 0.15) is 29.4 Å². The largest absolute Gasteiger partial charge is 0.483 e. The monoisotopic (exact) mass is 350 g/mol. The zero-order chi connectivity index (χ0) is 17.1. The number of fused-ring (bicyclic) bond motifs is 1. The molecule has 0 unspecified atom stereocenters. The van der Waals surface area contributed by atoms with Gasteiger partial charge in [-0.2, -0.15) is 9.61 Å². The van der Waals surface area contributed by atoms with E-state index in [1.807, 2.05) is 47.8 Å². The van der Waals surface area contributed by atoms with E-state index in [4.69, 9.17) is 4.74 Å². The van der Waals surface area contributed by atoms with Crippen LogP contribution in [0.2, 0.25) is 0 Å². The van der Waals surface area contributed by atoms with Gasteiger partial charge in [-0.3, -0.25) is 0 Å². The van der Waals surface area contributed by atoms with E-state index >= 15 is 0 Å². The van der Waals surface area contributed by atoms with Crippen LogP contribution >= 0.6 is 11.3 Å². The Morgan fingerprint density at radius 3 is 2.44 bits per heavy atom. The molecule has 4 rings (SSSR count). The van der Waals surface area contributed by atoms with E-state index in [1.54, 1.807) is 0 Å². The summed E-state index contributed by atoms with van der Waals surface area (Å²) in [6, 6.07) is 20.2. The van der Waals surface area contributed by atoms with Gasteiger partial charge in [0.1, 0.15) is 11.9 Å². The molecular formula is C19H18N4OS. The molecule has 0 fully saturated rings. The van der Waals surface area contributed by atoms with Crippen LogP contribution in [0.4, 0.5) is 0 Å². The molecule has 0 saturated heterocycles. The van der Waals surface area contributed by atoms with E-state index in [-0.39, 0.29) is 6.10 Å². The van der Waals surface area contributed by atoms with Gasteiger partial charge in [-0.05, 0) is 31.0 Å². The molecular weight excluding hydrogens is 332 g/mol. The van der Waals surface area contributed by atoms with E-state index in [0.29, 0.717) is 0 Å². The smallest absolute Gasteiger partial charge is 0.234 e. The van der Waals surface area contributed by atoms with Crippen LogP contribution in [-0.4, -0.2) is 19.8 Å². The molecule has 2 heterocycles. The van der Waals surface area contributed by atoms with Gasteiger partial charge in [0, 0.05) is 6.42 Å². The summed E-state index contributed by atoms with van der Waals surface area (Å²) in [5, 5.41) is 14.1. The molecule has 6 heteroatoms. The zero-order valence-corrected chi connectivity index (χ0v) is 14.7. The fourth-order valence-electron chi connectivity index (χ4n) is 2.65. The van der Waals surface area contributed by atoms with E-state index < -0.39 is 0 Å². The van der Waals surface area contributed by atoms with Crippen molar-refractivity contribution in [2.24, 2.45) is 0 Å². The molecule has 0 spiro atoms. The molecule has 0 aliphatic carbocycles. The number of hydrogen-bond donors (Lipinski definition) is 0. The van der Waals surface area contributed by atoms with Crippen LogP contribution in [0, 0.1) is 0 Å². The van der Waals surface area contributed by atoms with Crippen molar-refractivity contribution < 1.29 is 4.74 Å². The van der Waals surface area contributed by atoms with Crippen molar-refractivity contribution in [3.05, 3.63) is 77.1 Å². The summed E-state index contributed by atoms with van der Waals surface area (Å²) in [6.45, 7) is 2.00. The first kappa shape index (κ1) is 15.8. The minimum atomic E-state index is -0.129. The number of ether oxygens (including phenoxy) is 1. The van der Waals surface area contributed by atoms with Gasteiger partial charge in [-0.25, -0.2) is 0 Å². The summed E-state index contributed by atoms with van der Waals surface area (Å²) in [6.07, 6.45) is 1.60. The maximum atomic E-state index is 5.95. The quantitative estimate of drug-likeness (QED) is 0.525. The molecule has 0 aliphatic rings. The highest BCUT2D eigenvalue weighted by Crippen LogP contribution is 2.25. The lowest BCUT2D eigenvalue weighted by molar-refractivity contribution is 0.225. The van der Waals surface area contributed by atoms with Gasteiger partial charge in [-0.1, -0.05) is 59.9 Å². The number of aromatic nitrogens is 4. The molecule has 0 bridgehead atoms. The standard InChI is InChI=1S/C19H18N4OS/c1-14(24-16-10-6-3-7-11-16)18-22-23-17(20-21-19(23)25-18)13-12-15-8-4-2-5-9-15/h2-11,14H,12-13H2,1H3/t14-/m0/s1. The zero-order valence-electron chi connectivity index (χ0n) is 13.9. The van der Waals surface area contributed by atoms with Gasteiger partial charge >= 0.3 is 0 Å². The molecule has 0 N–H and O–H groups in total. The normalized spacial score (nSPS) is 12.4. The van der Waals surface area contributed by atoms with Crippen LogP contribution in [-0.2, 0) is 12.8 Å². The lowest BCUT2D eigenvalue weighted by atomic mass is 10.1. The predicted molar refractivity (Wildman–Crippen MR) is 98.0 cm³/mol. The number of benzene rings is 2. The van der Waals surface area contributed by atoms with E-state index in [2.05, 4.69) is 39.6 Å². The summed E-state index contributed by atoms with van der Waals surface area (Å²) >= 11 is 1.52. The average Bonchev–Trinajstić information content (AvgIpc) is 3.23. The maximum absolute atomic E-state index is 5.95. The summed E-state index contributed by atoms with van der Waals surface area (Å²) in [7, 11) is 0. The van der Waals surface area contributed by atoms with Crippen molar-refractivity contribution >= 4 is 16.3 Å².